The summed E-state index contributed by atoms with van der Waals surface area (Å²) in [6, 6.07) is 0. The fourth-order valence-corrected chi connectivity index (χ4v) is 5.31. The number of rotatable bonds is 13. The number of hydrogen-bond donors (Lipinski definition) is 2. The van der Waals surface area contributed by atoms with Gasteiger partial charge in [-0.3, -0.25) is 9.36 Å². The first kappa shape index (κ1) is 28.0. The highest BCUT2D eigenvalue weighted by atomic mass is 31.2. The lowest BCUT2D eigenvalue weighted by atomic mass is 9.96. The number of carbonyl (C=O) groups excluding carboxylic acids is 2. The Morgan fingerprint density at radius 1 is 1.25 bits per heavy atom. The summed E-state index contributed by atoms with van der Waals surface area (Å²) in [4.78, 5) is 37.1. The summed E-state index contributed by atoms with van der Waals surface area (Å²) in [5, 5.41) is 2.75. The van der Waals surface area contributed by atoms with Gasteiger partial charge in [0.05, 0.1) is 25.1 Å². The Bertz CT molecular complexity index is 1120. The van der Waals surface area contributed by atoms with Crippen molar-refractivity contribution in [2.75, 3.05) is 18.7 Å². The van der Waals surface area contributed by atoms with Gasteiger partial charge in [0.1, 0.15) is 29.8 Å². The van der Waals surface area contributed by atoms with E-state index in [4.69, 9.17) is 24.5 Å². The molecular weight excluding hydrogens is 491 g/mol. The molecule has 2 heterocycles. The van der Waals surface area contributed by atoms with Crippen molar-refractivity contribution in [3.05, 3.63) is 12.7 Å². The second kappa shape index (κ2) is 11.6. The van der Waals surface area contributed by atoms with E-state index in [1.807, 2.05) is 0 Å². The minimum atomic E-state index is -3.87. The number of ether oxygens (including phenoxy) is 3. The molecule has 1 fully saturated rings. The smallest absolute Gasteiger partial charge is 0.332 e. The van der Waals surface area contributed by atoms with E-state index >= 15 is 0 Å². The van der Waals surface area contributed by atoms with Crippen LogP contribution in [0.3, 0.4) is 0 Å². The van der Waals surface area contributed by atoms with Gasteiger partial charge in [0.2, 0.25) is 0 Å². The van der Waals surface area contributed by atoms with Crippen molar-refractivity contribution in [3.63, 3.8) is 0 Å². The second-order valence-electron chi connectivity index (χ2n) is 9.61. The zero-order valence-electron chi connectivity index (χ0n) is 21.3. The zero-order valence-corrected chi connectivity index (χ0v) is 22.2. The third-order valence-corrected chi connectivity index (χ3v) is 7.39. The van der Waals surface area contributed by atoms with Gasteiger partial charge in [-0.15, -0.1) is 0 Å². The molecule has 0 amide bonds. The van der Waals surface area contributed by atoms with Gasteiger partial charge in [-0.25, -0.2) is 24.8 Å². The molecule has 0 aromatic carbocycles. The van der Waals surface area contributed by atoms with E-state index in [0.29, 0.717) is 17.7 Å². The summed E-state index contributed by atoms with van der Waals surface area (Å²) in [5.74, 6) is -0.980. The van der Waals surface area contributed by atoms with Crippen molar-refractivity contribution in [3.8, 4) is 0 Å². The molecule has 36 heavy (non-hydrogen) atoms. The molecule has 0 aliphatic heterocycles. The number of nitrogen functional groups attached to an aromatic ring is 1. The maximum absolute atomic E-state index is 13.7. The fourth-order valence-electron chi connectivity index (χ4n) is 3.40. The van der Waals surface area contributed by atoms with Crippen LogP contribution in [0.1, 0.15) is 53.9 Å². The SMILES string of the molecule is CC(C)OC(=O)COP(=O)(CO[C@@H](C)Cn1cnc2c(N)ncnc21)NC(C)(C)C(=O)OC1CCC1. The van der Waals surface area contributed by atoms with Crippen LogP contribution in [0.5, 0.6) is 0 Å². The van der Waals surface area contributed by atoms with E-state index in [1.54, 1.807) is 45.5 Å². The van der Waals surface area contributed by atoms with Crippen LogP contribution >= 0.6 is 7.52 Å². The number of anilines is 1. The highest BCUT2D eigenvalue weighted by Crippen LogP contribution is 2.45. The zero-order chi connectivity index (χ0) is 26.5. The maximum atomic E-state index is 13.7. The largest absolute Gasteiger partial charge is 0.461 e. The van der Waals surface area contributed by atoms with Crippen LogP contribution in [0.15, 0.2) is 12.7 Å². The lowest BCUT2D eigenvalue weighted by molar-refractivity contribution is -0.159. The highest BCUT2D eigenvalue weighted by molar-refractivity contribution is 7.56. The lowest BCUT2D eigenvalue weighted by Gasteiger charge is -2.33. The molecule has 13 nitrogen and oxygen atoms in total. The summed E-state index contributed by atoms with van der Waals surface area (Å²) < 4.78 is 37.3. The number of aromatic nitrogens is 4. The molecule has 2 atom stereocenters. The standard InChI is InChI=1S/C22H35N6O7P/c1-14(2)34-17(29)10-33-36(31,27-22(4,5)21(30)35-16-7-6-8-16)13-32-15(3)9-28-12-26-18-19(23)24-11-25-20(18)28/h11-12,14-16H,6-10,13H2,1-5H3,(H,27,31)(H2,23,24,25)/t15-,36?/m0/s1. The number of nitrogens with zero attached hydrogens (tertiary/aromatic N) is 4. The number of nitrogens with one attached hydrogen (secondary N) is 1. The Kier molecular flexibility index (Phi) is 9.04. The van der Waals surface area contributed by atoms with Crippen LogP contribution in [-0.4, -0.2) is 68.3 Å². The third-order valence-electron chi connectivity index (χ3n) is 5.46. The molecule has 0 radical (unpaired) electrons. The Morgan fingerprint density at radius 2 is 1.97 bits per heavy atom. The molecular formula is C22H35N6O7P. The quantitative estimate of drug-likeness (QED) is 0.289. The molecule has 2 aromatic rings. The predicted molar refractivity (Wildman–Crippen MR) is 131 cm³/mol. The average molecular weight is 527 g/mol. The van der Waals surface area contributed by atoms with Gasteiger partial charge in [-0.1, -0.05) is 0 Å². The first-order valence-corrected chi connectivity index (χ1v) is 13.7. The van der Waals surface area contributed by atoms with Crippen LogP contribution in [0.4, 0.5) is 5.82 Å². The van der Waals surface area contributed by atoms with E-state index in [1.165, 1.54) is 6.33 Å². The first-order chi connectivity index (χ1) is 16.9. The van der Waals surface area contributed by atoms with Crippen molar-refractivity contribution in [2.45, 2.75) is 84.3 Å². The maximum Gasteiger partial charge on any atom is 0.332 e. The number of carbonyl (C=O) groups is 2. The minimum absolute atomic E-state index is 0.140. The first-order valence-electron chi connectivity index (χ1n) is 11.8. The molecule has 14 heteroatoms. The third kappa shape index (κ3) is 7.45. The van der Waals surface area contributed by atoms with E-state index in [-0.39, 0.29) is 18.0 Å². The number of esters is 2. The van der Waals surface area contributed by atoms with Gasteiger partial charge in [0.25, 0.3) is 7.52 Å². The lowest BCUT2D eigenvalue weighted by Crippen LogP contribution is -2.48. The molecule has 200 valence electrons. The van der Waals surface area contributed by atoms with Crippen molar-refractivity contribution < 1.29 is 32.9 Å². The topological polar surface area (TPSA) is 170 Å². The van der Waals surface area contributed by atoms with E-state index in [0.717, 1.165) is 19.3 Å². The van der Waals surface area contributed by atoms with Crippen molar-refractivity contribution in [1.82, 2.24) is 24.6 Å². The number of fused-ring (bicyclic) bond motifs is 1. The van der Waals surface area contributed by atoms with Gasteiger partial charge < -0.3 is 29.0 Å². The summed E-state index contributed by atoms with van der Waals surface area (Å²) in [6.45, 7) is 7.98. The monoisotopic (exact) mass is 526 g/mol. The Hall–Kier alpha value is -2.60. The minimum Gasteiger partial charge on any atom is -0.461 e. The average Bonchev–Trinajstić information content (AvgIpc) is 3.17. The normalized spacial score (nSPS) is 16.9. The Balaban J connectivity index is 1.67. The summed E-state index contributed by atoms with van der Waals surface area (Å²) in [5.41, 5.74) is 5.48. The fraction of sp³-hybridized carbons (Fsp3) is 0.682. The number of imidazole rings is 1. The van der Waals surface area contributed by atoms with Gasteiger partial charge in [0.15, 0.2) is 18.1 Å². The van der Waals surface area contributed by atoms with Gasteiger partial charge in [0, 0.05) is 0 Å². The van der Waals surface area contributed by atoms with Crippen molar-refractivity contribution >= 4 is 36.4 Å². The van der Waals surface area contributed by atoms with Crippen LogP contribution in [0.2, 0.25) is 0 Å². The Labute approximate surface area is 209 Å². The molecule has 3 rings (SSSR count). The summed E-state index contributed by atoms with van der Waals surface area (Å²) in [7, 11) is -3.87. The van der Waals surface area contributed by atoms with Crippen LogP contribution in [0.25, 0.3) is 11.2 Å². The molecule has 1 saturated carbocycles. The number of hydrogen-bond acceptors (Lipinski definition) is 11. The molecule has 1 aliphatic carbocycles. The molecule has 1 aliphatic rings. The summed E-state index contributed by atoms with van der Waals surface area (Å²) >= 11 is 0. The van der Waals surface area contributed by atoms with Crippen LogP contribution < -0.4 is 10.8 Å². The van der Waals surface area contributed by atoms with Gasteiger partial charge in [-0.05, 0) is 53.9 Å². The van der Waals surface area contributed by atoms with Crippen LogP contribution in [-0.2, 0) is 39.4 Å². The predicted octanol–water partition coefficient (Wildman–Crippen LogP) is 2.40. The Morgan fingerprint density at radius 3 is 2.61 bits per heavy atom. The second-order valence-corrected chi connectivity index (χ2v) is 11.7. The van der Waals surface area contributed by atoms with E-state index in [9.17, 15) is 14.2 Å². The molecule has 0 spiro atoms. The molecule has 0 saturated heterocycles. The van der Waals surface area contributed by atoms with Gasteiger partial charge in [-0.2, -0.15) is 0 Å². The van der Waals surface area contributed by atoms with E-state index < -0.39 is 44.1 Å². The molecule has 2 aromatic heterocycles. The van der Waals surface area contributed by atoms with E-state index in [2.05, 4.69) is 20.0 Å². The van der Waals surface area contributed by atoms with Crippen molar-refractivity contribution in [1.29, 1.82) is 0 Å². The van der Waals surface area contributed by atoms with Crippen molar-refractivity contribution in [2.24, 2.45) is 0 Å². The van der Waals surface area contributed by atoms with Gasteiger partial charge >= 0.3 is 11.9 Å². The highest BCUT2D eigenvalue weighted by Gasteiger charge is 2.40. The molecule has 1 unspecified atom stereocenters. The molecule has 0 bridgehead atoms. The van der Waals surface area contributed by atoms with Crippen LogP contribution in [0, 0.1) is 0 Å². The molecule has 3 N–H and O–H groups in total. The number of nitrogens with two attached hydrogens (primary N) is 1. The summed E-state index contributed by atoms with van der Waals surface area (Å²) in [6.07, 6.45) is 4.13.